The molecule has 1 nitrogen and oxygen atoms in total. The molecule has 2 rings (SSSR count). The summed E-state index contributed by atoms with van der Waals surface area (Å²) in [5, 5.41) is 2.99. The summed E-state index contributed by atoms with van der Waals surface area (Å²) in [5.41, 5.74) is 0.0602. The summed E-state index contributed by atoms with van der Waals surface area (Å²) >= 11 is 2.16. The molecule has 0 radical (unpaired) electrons. The summed E-state index contributed by atoms with van der Waals surface area (Å²) in [5.74, 6) is -1.26. The zero-order valence-electron chi connectivity index (χ0n) is 11.0. The Hall–Kier alpha value is -1.15. The number of rotatable bonds is 3. The number of benzene rings is 2. The van der Waals surface area contributed by atoms with Crippen LogP contribution in [0.25, 0.3) is 0 Å². The lowest BCUT2D eigenvalue weighted by Gasteiger charge is -2.18. The van der Waals surface area contributed by atoms with Crippen LogP contribution < -0.4 is 5.32 Å². The fourth-order valence-electron chi connectivity index (χ4n) is 2.12. The van der Waals surface area contributed by atoms with E-state index in [-0.39, 0.29) is 6.04 Å². The Morgan fingerprint density at radius 2 is 1.57 bits per heavy atom. The molecule has 2 aromatic carbocycles. The van der Waals surface area contributed by atoms with Crippen LogP contribution in [0.4, 0.5) is 17.6 Å². The molecule has 0 saturated carbocycles. The Labute approximate surface area is 133 Å². The molecule has 0 amide bonds. The lowest BCUT2D eigenvalue weighted by molar-refractivity contribution is -0.140. The van der Waals surface area contributed by atoms with E-state index in [1.807, 2.05) is 24.3 Å². The Morgan fingerprint density at radius 3 is 2.05 bits per heavy atom. The maximum absolute atomic E-state index is 13.7. The van der Waals surface area contributed by atoms with E-state index in [2.05, 4.69) is 27.9 Å². The minimum absolute atomic E-state index is 0.362. The molecule has 6 heteroatoms. The highest BCUT2D eigenvalue weighted by Crippen LogP contribution is 2.33. The molecule has 0 spiro atoms. The molecule has 0 saturated heterocycles. The number of alkyl halides is 3. The van der Waals surface area contributed by atoms with Gasteiger partial charge in [-0.2, -0.15) is 13.2 Å². The van der Waals surface area contributed by atoms with E-state index < -0.39 is 17.6 Å². The highest BCUT2D eigenvalue weighted by atomic mass is 127. The fraction of sp³-hybridized carbons (Fsp3) is 0.200. The summed E-state index contributed by atoms with van der Waals surface area (Å²) in [6.07, 6.45) is -4.68. The Kier molecular flexibility index (Phi) is 4.88. The topological polar surface area (TPSA) is 12.0 Å². The highest BCUT2D eigenvalue weighted by molar-refractivity contribution is 14.1. The first-order valence-corrected chi connectivity index (χ1v) is 7.20. The third-order valence-electron chi connectivity index (χ3n) is 3.12. The second kappa shape index (κ2) is 6.31. The van der Waals surface area contributed by atoms with Crippen LogP contribution >= 0.6 is 22.6 Å². The molecule has 0 aliphatic rings. The van der Waals surface area contributed by atoms with Crippen LogP contribution in [-0.4, -0.2) is 7.05 Å². The van der Waals surface area contributed by atoms with E-state index in [1.54, 1.807) is 7.05 Å². The van der Waals surface area contributed by atoms with Crippen LogP contribution in [0.1, 0.15) is 22.7 Å². The summed E-state index contributed by atoms with van der Waals surface area (Å²) in [7, 11) is 1.68. The Balaban J connectivity index is 2.40. The predicted octanol–water partition coefficient (Wildman–Crippen LogP) is 4.76. The zero-order valence-corrected chi connectivity index (χ0v) is 13.2. The van der Waals surface area contributed by atoms with Gasteiger partial charge in [-0.25, -0.2) is 4.39 Å². The molecule has 0 heterocycles. The molecular weight excluding hydrogens is 397 g/mol. The van der Waals surface area contributed by atoms with E-state index in [0.717, 1.165) is 21.3 Å². The van der Waals surface area contributed by atoms with Gasteiger partial charge in [-0.3, -0.25) is 0 Å². The van der Waals surface area contributed by atoms with Crippen molar-refractivity contribution >= 4 is 22.6 Å². The van der Waals surface area contributed by atoms with Gasteiger partial charge in [0.15, 0.2) is 0 Å². The predicted molar refractivity (Wildman–Crippen MR) is 81.5 cm³/mol. The zero-order chi connectivity index (χ0) is 15.6. The van der Waals surface area contributed by atoms with Crippen LogP contribution in [0, 0.1) is 9.39 Å². The number of nitrogens with one attached hydrogen (secondary N) is 1. The van der Waals surface area contributed by atoms with Gasteiger partial charge in [-0.15, -0.1) is 0 Å². The minimum atomic E-state index is -4.68. The third-order valence-corrected chi connectivity index (χ3v) is 3.84. The molecule has 21 heavy (non-hydrogen) atoms. The van der Waals surface area contributed by atoms with Crippen molar-refractivity contribution < 1.29 is 17.6 Å². The first-order valence-electron chi connectivity index (χ1n) is 6.12. The van der Waals surface area contributed by atoms with Gasteiger partial charge in [0.25, 0.3) is 0 Å². The Morgan fingerprint density at radius 1 is 1.00 bits per heavy atom. The van der Waals surface area contributed by atoms with Crippen LogP contribution in [-0.2, 0) is 6.18 Å². The highest BCUT2D eigenvalue weighted by Gasteiger charge is 2.34. The van der Waals surface area contributed by atoms with E-state index in [9.17, 15) is 17.6 Å². The molecular formula is C15H12F4IN. The van der Waals surface area contributed by atoms with Gasteiger partial charge in [0, 0.05) is 3.57 Å². The lowest BCUT2D eigenvalue weighted by Crippen LogP contribution is -2.18. The quantitative estimate of drug-likeness (QED) is 0.570. The molecule has 0 aliphatic carbocycles. The van der Waals surface area contributed by atoms with Crippen LogP contribution in [0.2, 0.25) is 0 Å². The molecule has 112 valence electrons. The monoisotopic (exact) mass is 409 g/mol. The average Bonchev–Trinajstić information content (AvgIpc) is 2.40. The largest absolute Gasteiger partial charge is 0.419 e. The molecule has 1 atom stereocenters. The first kappa shape index (κ1) is 16.2. The standard InChI is InChI=1S/C15H12F4IN/c1-21-14(9-2-5-11(20)6-3-9)10-4-7-12(13(16)8-10)15(17,18)19/h2-8,14,21H,1H3. The van der Waals surface area contributed by atoms with Gasteiger partial charge in [0.1, 0.15) is 5.82 Å². The molecule has 0 fully saturated rings. The Bertz CT molecular complexity index is 623. The second-order valence-corrected chi connectivity index (χ2v) is 5.76. The van der Waals surface area contributed by atoms with Gasteiger partial charge >= 0.3 is 6.18 Å². The van der Waals surface area contributed by atoms with Crippen LogP contribution in [0.3, 0.4) is 0 Å². The summed E-state index contributed by atoms with van der Waals surface area (Å²) in [6.45, 7) is 0. The van der Waals surface area contributed by atoms with E-state index >= 15 is 0 Å². The molecule has 0 aliphatic heterocycles. The first-order chi connectivity index (χ1) is 9.82. The van der Waals surface area contributed by atoms with E-state index in [4.69, 9.17) is 0 Å². The number of hydrogen-bond acceptors (Lipinski definition) is 1. The maximum Gasteiger partial charge on any atom is 0.419 e. The van der Waals surface area contributed by atoms with Gasteiger partial charge in [0.2, 0.25) is 0 Å². The lowest BCUT2D eigenvalue weighted by atomic mass is 9.97. The number of halogens is 5. The molecule has 0 bridgehead atoms. The number of hydrogen-bond donors (Lipinski definition) is 1. The van der Waals surface area contributed by atoms with Crippen molar-refractivity contribution in [3.63, 3.8) is 0 Å². The van der Waals surface area contributed by atoms with Crippen molar-refractivity contribution in [3.05, 3.63) is 68.5 Å². The van der Waals surface area contributed by atoms with Crippen molar-refractivity contribution in [2.45, 2.75) is 12.2 Å². The van der Waals surface area contributed by atoms with Gasteiger partial charge in [-0.1, -0.05) is 18.2 Å². The van der Waals surface area contributed by atoms with E-state index in [0.29, 0.717) is 5.56 Å². The maximum atomic E-state index is 13.7. The van der Waals surface area contributed by atoms with Crippen molar-refractivity contribution in [3.8, 4) is 0 Å². The normalized spacial score (nSPS) is 13.2. The van der Waals surface area contributed by atoms with Gasteiger partial charge < -0.3 is 5.32 Å². The smallest absolute Gasteiger partial charge is 0.309 e. The van der Waals surface area contributed by atoms with Crippen LogP contribution in [0.15, 0.2) is 42.5 Å². The fourth-order valence-corrected chi connectivity index (χ4v) is 2.48. The van der Waals surface area contributed by atoms with Crippen LogP contribution in [0.5, 0.6) is 0 Å². The summed E-state index contributed by atoms with van der Waals surface area (Å²) < 4.78 is 52.4. The summed E-state index contributed by atoms with van der Waals surface area (Å²) in [4.78, 5) is 0. The van der Waals surface area contributed by atoms with Crippen molar-refractivity contribution in [2.24, 2.45) is 0 Å². The molecule has 1 unspecified atom stereocenters. The van der Waals surface area contributed by atoms with E-state index in [1.165, 1.54) is 6.07 Å². The SMILES string of the molecule is CNC(c1ccc(I)cc1)c1ccc(C(F)(F)F)c(F)c1. The third kappa shape index (κ3) is 3.74. The van der Waals surface area contributed by atoms with Crippen molar-refractivity contribution in [1.29, 1.82) is 0 Å². The second-order valence-electron chi connectivity index (χ2n) is 4.51. The van der Waals surface area contributed by atoms with Gasteiger partial charge in [0.05, 0.1) is 11.6 Å². The molecule has 2 aromatic rings. The van der Waals surface area contributed by atoms with Gasteiger partial charge in [-0.05, 0) is 65.0 Å². The van der Waals surface area contributed by atoms with Crippen molar-refractivity contribution in [1.82, 2.24) is 5.32 Å². The van der Waals surface area contributed by atoms with Crippen molar-refractivity contribution in [2.75, 3.05) is 7.05 Å². The molecule has 1 N–H and O–H groups in total. The summed E-state index contributed by atoms with van der Waals surface area (Å²) in [6, 6.07) is 10.1. The average molecular weight is 409 g/mol. The minimum Gasteiger partial charge on any atom is -0.309 e. The molecule has 0 aromatic heterocycles.